The number of benzene rings is 2. The Labute approximate surface area is 198 Å². The quantitative estimate of drug-likeness (QED) is 0.146. The zero-order valence-corrected chi connectivity index (χ0v) is 19.0. The highest BCUT2D eigenvalue weighted by atomic mass is 16.6. The molecule has 0 radical (unpaired) electrons. The van der Waals surface area contributed by atoms with Crippen LogP contribution in [-0.2, 0) is 36.9 Å². The van der Waals surface area contributed by atoms with Gasteiger partial charge in [0.25, 0.3) is 0 Å². The second-order valence-electron chi connectivity index (χ2n) is 7.30. The van der Waals surface area contributed by atoms with Crippen molar-refractivity contribution < 1.29 is 33.4 Å². The standard InChI is InChI=1S/C27H26O7/c1-5-22(28)15-20-9-12-24(34-25(29)6-2)23(16-20)26(30)21-10-7-19(8-11-21)17-32-13-14-33-27(31)18(3)4/h5-12,16H,1-3,13-15,17H2,4H3. The topological polar surface area (TPSA) is 96.0 Å². The first-order valence-corrected chi connectivity index (χ1v) is 10.4. The lowest BCUT2D eigenvalue weighted by Gasteiger charge is -2.11. The Morgan fingerprint density at radius 1 is 0.912 bits per heavy atom. The molecule has 0 aliphatic rings. The number of rotatable bonds is 13. The Bertz CT molecular complexity index is 1110. The Hall–Kier alpha value is -4.10. The number of hydrogen-bond donors (Lipinski definition) is 0. The van der Waals surface area contributed by atoms with Crippen molar-refractivity contribution in [1.82, 2.24) is 0 Å². The van der Waals surface area contributed by atoms with Crippen LogP contribution < -0.4 is 4.74 Å². The third-order valence-corrected chi connectivity index (χ3v) is 4.57. The first-order chi connectivity index (χ1) is 16.2. The molecular formula is C27H26O7. The molecule has 176 valence electrons. The summed E-state index contributed by atoms with van der Waals surface area (Å²) in [5.41, 5.74) is 2.23. The maximum absolute atomic E-state index is 13.2. The summed E-state index contributed by atoms with van der Waals surface area (Å²) in [4.78, 5) is 47.9. The van der Waals surface area contributed by atoms with Gasteiger partial charge in [-0.05, 0) is 36.3 Å². The Morgan fingerprint density at radius 3 is 2.21 bits per heavy atom. The summed E-state index contributed by atoms with van der Waals surface area (Å²) in [7, 11) is 0. The molecule has 2 aromatic rings. The van der Waals surface area contributed by atoms with E-state index in [-0.39, 0.29) is 49.1 Å². The third-order valence-electron chi connectivity index (χ3n) is 4.57. The smallest absolute Gasteiger partial charge is 0.335 e. The van der Waals surface area contributed by atoms with Gasteiger partial charge in [0, 0.05) is 23.6 Å². The molecule has 7 heteroatoms. The minimum Gasteiger partial charge on any atom is -0.460 e. The number of allylic oxidation sites excluding steroid dienone is 1. The highest BCUT2D eigenvalue weighted by Crippen LogP contribution is 2.25. The largest absolute Gasteiger partial charge is 0.460 e. The molecule has 0 bridgehead atoms. The molecule has 0 heterocycles. The lowest BCUT2D eigenvalue weighted by atomic mass is 9.97. The number of ether oxygens (including phenoxy) is 3. The van der Waals surface area contributed by atoms with Gasteiger partial charge >= 0.3 is 11.9 Å². The van der Waals surface area contributed by atoms with Crippen LogP contribution in [0.3, 0.4) is 0 Å². The molecular weight excluding hydrogens is 436 g/mol. The summed E-state index contributed by atoms with van der Waals surface area (Å²) in [6.45, 7) is 12.5. The lowest BCUT2D eigenvalue weighted by Crippen LogP contribution is -2.11. The van der Waals surface area contributed by atoms with Gasteiger partial charge in [0.1, 0.15) is 12.4 Å². The predicted octanol–water partition coefficient (Wildman–Crippen LogP) is 3.94. The molecule has 0 amide bonds. The highest BCUT2D eigenvalue weighted by Gasteiger charge is 2.18. The molecule has 0 saturated carbocycles. The average molecular weight is 462 g/mol. The monoisotopic (exact) mass is 462 g/mol. The van der Waals surface area contributed by atoms with Gasteiger partial charge in [0.2, 0.25) is 0 Å². The summed E-state index contributed by atoms with van der Waals surface area (Å²) in [6.07, 6.45) is 2.27. The molecule has 34 heavy (non-hydrogen) atoms. The molecule has 0 aliphatic carbocycles. The molecule has 0 atom stereocenters. The third kappa shape index (κ3) is 7.79. The fourth-order valence-corrected chi connectivity index (χ4v) is 2.79. The van der Waals surface area contributed by atoms with Gasteiger partial charge in [0.15, 0.2) is 11.6 Å². The summed E-state index contributed by atoms with van der Waals surface area (Å²) in [6, 6.07) is 11.3. The zero-order valence-electron chi connectivity index (χ0n) is 19.0. The maximum Gasteiger partial charge on any atom is 0.335 e. The Kier molecular flexibility index (Phi) is 9.86. The predicted molar refractivity (Wildman–Crippen MR) is 126 cm³/mol. The number of carbonyl (C=O) groups is 4. The van der Waals surface area contributed by atoms with E-state index in [1.54, 1.807) is 37.3 Å². The van der Waals surface area contributed by atoms with Crippen LogP contribution in [0.5, 0.6) is 5.75 Å². The second kappa shape index (κ2) is 12.8. The van der Waals surface area contributed by atoms with Gasteiger partial charge in [0.05, 0.1) is 18.8 Å². The second-order valence-corrected chi connectivity index (χ2v) is 7.30. The molecule has 0 aromatic heterocycles. The highest BCUT2D eigenvalue weighted by molar-refractivity contribution is 6.11. The van der Waals surface area contributed by atoms with Gasteiger partial charge in [-0.15, -0.1) is 0 Å². The van der Waals surface area contributed by atoms with Crippen molar-refractivity contribution in [2.24, 2.45) is 0 Å². The van der Waals surface area contributed by atoms with Gasteiger partial charge in [-0.25, -0.2) is 9.59 Å². The van der Waals surface area contributed by atoms with Crippen molar-refractivity contribution in [3.05, 3.63) is 102 Å². The van der Waals surface area contributed by atoms with E-state index in [1.807, 2.05) is 0 Å². The molecule has 0 saturated heterocycles. The molecule has 0 aliphatic heterocycles. The number of ketones is 2. The van der Waals surface area contributed by atoms with E-state index in [2.05, 4.69) is 19.7 Å². The summed E-state index contributed by atoms with van der Waals surface area (Å²) >= 11 is 0. The number of hydrogen-bond acceptors (Lipinski definition) is 7. The maximum atomic E-state index is 13.2. The van der Waals surface area contributed by atoms with Crippen LogP contribution in [0.15, 0.2) is 79.9 Å². The van der Waals surface area contributed by atoms with Crippen molar-refractivity contribution in [3.8, 4) is 5.75 Å². The van der Waals surface area contributed by atoms with Crippen molar-refractivity contribution >= 4 is 23.5 Å². The molecule has 0 spiro atoms. The molecule has 0 N–H and O–H groups in total. The van der Waals surface area contributed by atoms with E-state index in [0.717, 1.165) is 11.6 Å². The van der Waals surface area contributed by atoms with Gasteiger partial charge in [-0.3, -0.25) is 9.59 Å². The van der Waals surface area contributed by atoms with E-state index in [9.17, 15) is 19.2 Å². The molecule has 0 fully saturated rings. The normalized spacial score (nSPS) is 10.1. The molecule has 7 nitrogen and oxygen atoms in total. The minimum atomic E-state index is -0.703. The van der Waals surface area contributed by atoms with Gasteiger partial charge in [-0.1, -0.05) is 50.1 Å². The summed E-state index contributed by atoms with van der Waals surface area (Å²) < 4.78 is 15.6. The van der Waals surface area contributed by atoms with Crippen molar-refractivity contribution in [2.75, 3.05) is 13.2 Å². The van der Waals surface area contributed by atoms with Crippen LogP contribution in [0.1, 0.15) is 34.0 Å². The lowest BCUT2D eigenvalue weighted by molar-refractivity contribution is -0.140. The van der Waals surface area contributed by atoms with E-state index in [4.69, 9.17) is 14.2 Å². The van der Waals surface area contributed by atoms with Crippen LogP contribution >= 0.6 is 0 Å². The van der Waals surface area contributed by atoms with Crippen molar-refractivity contribution in [3.63, 3.8) is 0 Å². The van der Waals surface area contributed by atoms with Gasteiger partial charge < -0.3 is 14.2 Å². The van der Waals surface area contributed by atoms with Crippen molar-refractivity contribution in [1.29, 1.82) is 0 Å². The fraction of sp³-hybridized carbons (Fsp3) is 0.185. The Balaban J connectivity index is 2.11. The van der Waals surface area contributed by atoms with E-state index in [1.165, 1.54) is 18.2 Å². The first-order valence-electron chi connectivity index (χ1n) is 10.4. The van der Waals surface area contributed by atoms with Crippen molar-refractivity contribution in [2.45, 2.75) is 20.0 Å². The average Bonchev–Trinajstić information content (AvgIpc) is 2.84. The van der Waals surface area contributed by atoms with Crippen LogP contribution in [0, 0.1) is 0 Å². The SMILES string of the molecule is C=CC(=O)Cc1ccc(OC(=O)C=C)c(C(=O)c2ccc(COCCOC(=O)C(=C)C)cc2)c1. The molecule has 2 aromatic carbocycles. The zero-order chi connectivity index (χ0) is 25.1. The van der Waals surface area contributed by atoms with Crippen LogP contribution in [0.2, 0.25) is 0 Å². The van der Waals surface area contributed by atoms with E-state index < -0.39 is 11.9 Å². The summed E-state index contributed by atoms with van der Waals surface area (Å²) in [5, 5.41) is 0. The van der Waals surface area contributed by atoms with Crippen LogP contribution in [0.4, 0.5) is 0 Å². The number of esters is 2. The Morgan fingerprint density at radius 2 is 1.59 bits per heavy atom. The molecule has 2 rings (SSSR count). The number of carbonyl (C=O) groups excluding carboxylic acids is 4. The van der Waals surface area contributed by atoms with Crippen LogP contribution in [-0.4, -0.2) is 36.7 Å². The molecule has 0 unspecified atom stereocenters. The van der Waals surface area contributed by atoms with Crippen LogP contribution in [0.25, 0.3) is 0 Å². The first kappa shape index (κ1) is 26.2. The van der Waals surface area contributed by atoms with E-state index in [0.29, 0.717) is 16.7 Å². The van der Waals surface area contributed by atoms with E-state index >= 15 is 0 Å². The summed E-state index contributed by atoms with van der Waals surface area (Å²) in [5.74, 6) is -1.68. The minimum absolute atomic E-state index is 0.0669. The van der Waals surface area contributed by atoms with Gasteiger partial charge in [-0.2, -0.15) is 0 Å². The fourth-order valence-electron chi connectivity index (χ4n) is 2.79.